The summed E-state index contributed by atoms with van der Waals surface area (Å²) in [6, 6.07) is 3.73. The number of alkyl halides is 4. The first-order chi connectivity index (χ1) is 20.6. The Bertz CT molecular complexity index is 1240. The van der Waals surface area contributed by atoms with Crippen molar-refractivity contribution < 1.29 is 27.5 Å². The van der Waals surface area contributed by atoms with Crippen LogP contribution in [0.25, 0.3) is 11.3 Å². The molecule has 238 valence electrons. The second kappa shape index (κ2) is 14.1. The second-order valence-corrected chi connectivity index (χ2v) is 12.8. The molecule has 5 N–H and O–H groups in total. The Labute approximate surface area is 253 Å². The molecule has 3 aliphatic heterocycles. The van der Waals surface area contributed by atoms with Crippen molar-refractivity contribution in [2.45, 2.75) is 74.6 Å². The molecular formula is C29H41F4N7O2S. The predicted octanol–water partition coefficient (Wildman–Crippen LogP) is 3.23. The number of hydrogen-bond acceptors (Lipinski definition) is 7. The van der Waals surface area contributed by atoms with E-state index < -0.39 is 30.0 Å². The van der Waals surface area contributed by atoms with E-state index in [1.165, 1.54) is 17.8 Å². The maximum absolute atomic E-state index is 13.9. The van der Waals surface area contributed by atoms with Crippen molar-refractivity contribution in [3.8, 4) is 11.3 Å². The maximum atomic E-state index is 13.9. The number of urea groups is 1. The molecule has 0 spiro atoms. The summed E-state index contributed by atoms with van der Waals surface area (Å²) in [5.74, 6) is 0.472. The number of aliphatic hydroxyl groups is 1. The lowest BCUT2D eigenvalue weighted by atomic mass is 10.0. The number of rotatable bonds is 10. The highest BCUT2D eigenvalue weighted by Gasteiger charge is 2.34. The molecule has 0 saturated carbocycles. The molecule has 2 saturated heterocycles. The number of halogens is 4. The number of thioether (sulfide) groups is 1. The fourth-order valence-corrected chi connectivity index (χ4v) is 7.37. The number of piperidine rings is 2. The molecule has 3 aliphatic rings. The third-order valence-electron chi connectivity index (χ3n) is 8.54. The van der Waals surface area contributed by atoms with Gasteiger partial charge in [0.05, 0.1) is 23.9 Å². The van der Waals surface area contributed by atoms with Crippen LogP contribution < -0.4 is 16.4 Å². The van der Waals surface area contributed by atoms with E-state index in [4.69, 9.17) is 10.8 Å². The number of benzene rings is 1. The number of aromatic nitrogens is 2. The molecule has 9 nitrogen and oxygen atoms in total. The van der Waals surface area contributed by atoms with Gasteiger partial charge in [-0.3, -0.25) is 4.68 Å². The molecular weight excluding hydrogens is 586 g/mol. The van der Waals surface area contributed by atoms with E-state index in [0.717, 1.165) is 49.8 Å². The fraction of sp³-hybridized carbons (Fsp3) is 0.655. The van der Waals surface area contributed by atoms with Gasteiger partial charge in [0.2, 0.25) is 0 Å². The van der Waals surface area contributed by atoms with Crippen molar-refractivity contribution in [3.63, 3.8) is 0 Å². The van der Waals surface area contributed by atoms with Crippen molar-refractivity contribution in [1.29, 1.82) is 0 Å². The van der Waals surface area contributed by atoms with Crippen LogP contribution in [-0.4, -0.2) is 101 Å². The number of amides is 2. The van der Waals surface area contributed by atoms with Gasteiger partial charge in [-0.2, -0.15) is 18.3 Å². The number of carbonyl (C=O) groups excluding carboxylic acids is 1. The summed E-state index contributed by atoms with van der Waals surface area (Å²) in [5, 5.41) is 21.9. The number of primary amides is 1. The standard InChI is InChI=1S/C29H41F4N7O2S/c30-20-4-9-38(10-5-20)13-14-43-26-15-19(1-2-24(26)29(31,32)33)27-23-16-35-8-3-25(23)40(37-27)18-22(41)17-39-11-6-21(7-12-39)36-28(34)42/h1-2,15,20-22,35,41H,3-14,16-18H2,(H3,34,36,42)/t22-/m0/s1. The van der Waals surface area contributed by atoms with Crippen LogP contribution in [0.1, 0.15) is 42.5 Å². The first-order valence-corrected chi connectivity index (χ1v) is 16.0. The van der Waals surface area contributed by atoms with Gasteiger partial charge in [0.25, 0.3) is 0 Å². The first kappa shape index (κ1) is 32.0. The van der Waals surface area contributed by atoms with Gasteiger partial charge >= 0.3 is 12.2 Å². The number of nitrogens with one attached hydrogen (secondary N) is 2. The highest BCUT2D eigenvalue weighted by molar-refractivity contribution is 7.99. The van der Waals surface area contributed by atoms with Crippen LogP contribution in [0.3, 0.4) is 0 Å². The lowest BCUT2D eigenvalue weighted by Crippen LogP contribution is -2.48. The number of carbonyl (C=O) groups is 1. The third-order valence-corrected chi connectivity index (χ3v) is 9.57. The second-order valence-electron chi connectivity index (χ2n) is 11.7. The molecule has 0 aliphatic carbocycles. The Morgan fingerprint density at radius 1 is 1.14 bits per heavy atom. The minimum atomic E-state index is -4.48. The lowest BCUT2D eigenvalue weighted by Gasteiger charge is -2.33. The van der Waals surface area contributed by atoms with Gasteiger partial charge in [0.1, 0.15) is 6.17 Å². The Balaban J connectivity index is 1.29. The lowest BCUT2D eigenvalue weighted by molar-refractivity contribution is -0.139. The largest absolute Gasteiger partial charge is 0.417 e. The van der Waals surface area contributed by atoms with E-state index in [2.05, 4.69) is 20.4 Å². The van der Waals surface area contributed by atoms with Crippen molar-refractivity contribution >= 4 is 17.8 Å². The molecule has 0 bridgehead atoms. The number of fused-ring (bicyclic) bond motifs is 1. The van der Waals surface area contributed by atoms with E-state index >= 15 is 0 Å². The number of hydrogen-bond donors (Lipinski definition) is 4. The molecule has 2 fully saturated rings. The molecule has 1 atom stereocenters. The van der Waals surface area contributed by atoms with E-state index in [-0.39, 0.29) is 17.5 Å². The minimum Gasteiger partial charge on any atom is -0.390 e. The number of β-amino-alcohol motifs (C(OH)–C–C–N with tert-alkyl or cyclic N) is 1. The summed E-state index contributed by atoms with van der Waals surface area (Å²) in [7, 11) is 0. The number of likely N-dealkylation sites (tertiary alicyclic amines) is 2. The predicted molar refractivity (Wildman–Crippen MR) is 158 cm³/mol. The Morgan fingerprint density at radius 3 is 2.56 bits per heavy atom. The fourth-order valence-electron chi connectivity index (χ4n) is 6.25. The minimum absolute atomic E-state index is 0.0414. The number of nitrogens with zero attached hydrogens (tertiary/aromatic N) is 4. The van der Waals surface area contributed by atoms with Crippen LogP contribution in [0.5, 0.6) is 0 Å². The Kier molecular flexibility index (Phi) is 10.5. The molecule has 0 unspecified atom stereocenters. The zero-order chi connectivity index (χ0) is 30.6. The molecule has 1 aromatic heterocycles. The van der Waals surface area contributed by atoms with E-state index in [1.807, 2.05) is 4.68 Å². The monoisotopic (exact) mass is 627 g/mol. The zero-order valence-corrected chi connectivity index (χ0v) is 25.0. The number of aliphatic hydroxyl groups excluding tert-OH is 1. The first-order valence-electron chi connectivity index (χ1n) is 15.0. The summed E-state index contributed by atoms with van der Waals surface area (Å²) < 4.78 is 57.1. The van der Waals surface area contributed by atoms with Gasteiger partial charge in [-0.15, -0.1) is 11.8 Å². The maximum Gasteiger partial charge on any atom is 0.417 e. The topological polar surface area (TPSA) is 112 Å². The van der Waals surface area contributed by atoms with Crippen LogP contribution in [-0.2, 0) is 25.7 Å². The molecule has 2 aromatic rings. The molecule has 4 heterocycles. The van der Waals surface area contributed by atoms with Gasteiger partial charge in [-0.05, 0) is 37.8 Å². The SMILES string of the molecule is NC(=O)NC1CCN(C[C@H](O)Cn2nc(-c3ccc(C(F)(F)F)c(SCCN4CCC(F)CC4)c3)c3c2CCNC3)CC1. The average Bonchev–Trinajstić information content (AvgIpc) is 3.32. The van der Waals surface area contributed by atoms with Gasteiger partial charge < -0.3 is 31.3 Å². The van der Waals surface area contributed by atoms with Crippen LogP contribution in [0, 0.1) is 0 Å². The molecule has 43 heavy (non-hydrogen) atoms. The van der Waals surface area contributed by atoms with Gasteiger partial charge in [0, 0.05) is 92.3 Å². The number of nitrogens with two attached hydrogens (primary N) is 1. The Hall–Kier alpha value is -2.39. The van der Waals surface area contributed by atoms with Crippen molar-refractivity contribution in [2.24, 2.45) is 5.73 Å². The van der Waals surface area contributed by atoms with Crippen LogP contribution >= 0.6 is 11.8 Å². The zero-order valence-electron chi connectivity index (χ0n) is 24.2. The molecule has 1 aromatic carbocycles. The van der Waals surface area contributed by atoms with E-state index in [9.17, 15) is 27.5 Å². The smallest absolute Gasteiger partial charge is 0.390 e. The van der Waals surface area contributed by atoms with Crippen LogP contribution in [0.4, 0.5) is 22.4 Å². The quantitative estimate of drug-likeness (QED) is 0.237. The highest BCUT2D eigenvalue weighted by Crippen LogP contribution is 2.40. The molecule has 14 heteroatoms. The normalized spacial score (nSPS) is 20.2. The summed E-state index contributed by atoms with van der Waals surface area (Å²) >= 11 is 1.17. The van der Waals surface area contributed by atoms with Gasteiger partial charge in [0.15, 0.2) is 0 Å². The summed E-state index contributed by atoms with van der Waals surface area (Å²) in [5.41, 5.74) is 7.75. The van der Waals surface area contributed by atoms with Crippen molar-refractivity contribution in [2.75, 3.05) is 51.6 Å². The summed E-state index contributed by atoms with van der Waals surface area (Å²) in [4.78, 5) is 15.5. The molecule has 5 rings (SSSR count). The molecule has 2 amide bonds. The van der Waals surface area contributed by atoms with Crippen molar-refractivity contribution in [1.82, 2.24) is 30.2 Å². The van der Waals surface area contributed by atoms with Crippen LogP contribution in [0.2, 0.25) is 0 Å². The average molecular weight is 628 g/mol. The summed E-state index contributed by atoms with van der Waals surface area (Å²) in [6.07, 6.45) is -2.80. The molecule has 0 radical (unpaired) electrons. The Morgan fingerprint density at radius 2 is 1.86 bits per heavy atom. The van der Waals surface area contributed by atoms with Crippen LogP contribution in [0.15, 0.2) is 23.1 Å². The van der Waals surface area contributed by atoms with E-state index in [0.29, 0.717) is 69.0 Å². The highest BCUT2D eigenvalue weighted by atomic mass is 32.2. The van der Waals surface area contributed by atoms with Gasteiger partial charge in [-0.25, -0.2) is 9.18 Å². The summed E-state index contributed by atoms with van der Waals surface area (Å²) in [6.45, 7) is 5.35. The van der Waals surface area contributed by atoms with Gasteiger partial charge in [-0.1, -0.05) is 6.07 Å². The third kappa shape index (κ3) is 8.41. The van der Waals surface area contributed by atoms with Crippen molar-refractivity contribution in [3.05, 3.63) is 35.0 Å². The van der Waals surface area contributed by atoms with E-state index in [1.54, 1.807) is 6.07 Å².